The minimum Gasteiger partial charge on any atom is -0.355 e. The first-order valence-electron chi connectivity index (χ1n) is 8.84. The van der Waals surface area contributed by atoms with Crippen molar-refractivity contribution < 1.29 is 9.18 Å². The molecule has 1 aromatic heterocycles. The molecule has 1 unspecified atom stereocenters. The van der Waals surface area contributed by atoms with Crippen molar-refractivity contribution in [3.63, 3.8) is 0 Å². The summed E-state index contributed by atoms with van der Waals surface area (Å²) in [5.74, 6) is 0.185. The van der Waals surface area contributed by atoms with Crippen LogP contribution in [0.3, 0.4) is 0 Å². The maximum Gasteiger partial charge on any atom is 0.222 e. The lowest BCUT2D eigenvalue weighted by atomic mass is 9.93. The smallest absolute Gasteiger partial charge is 0.222 e. The Morgan fingerprint density at radius 2 is 2.16 bits per heavy atom. The first kappa shape index (κ1) is 17.4. The molecule has 1 saturated heterocycles. The second kappa shape index (κ2) is 7.64. The number of anilines is 2. The Balaban J connectivity index is 1.80. The molecule has 0 aliphatic carbocycles. The molecule has 1 fully saturated rings. The highest BCUT2D eigenvalue weighted by Gasteiger charge is 2.25. The number of hydrogen-bond acceptors (Lipinski definition) is 3. The van der Waals surface area contributed by atoms with Crippen LogP contribution in [-0.2, 0) is 4.79 Å². The summed E-state index contributed by atoms with van der Waals surface area (Å²) in [6.07, 6.45) is 2.57. The molecule has 2 aromatic rings. The highest BCUT2D eigenvalue weighted by molar-refractivity contribution is 5.76. The lowest BCUT2D eigenvalue weighted by Crippen LogP contribution is -2.38. The van der Waals surface area contributed by atoms with Gasteiger partial charge in [0.25, 0.3) is 0 Å². The van der Waals surface area contributed by atoms with Gasteiger partial charge in [-0.25, -0.2) is 4.39 Å². The molecule has 1 aromatic carbocycles. The molecule has 1 N–H and O–H groups in total. The van der Waals surface area contributed by atoms with Gasteiger partial charge in [0.2, 0.25) is 5.91 Å². The molecule has 1 aliphatic rings. The van der Waals surface area contributed by atoms with Crippen LogP contribution in [0.5, 0.6) is 0 Å². The average molecular weight is 341 g/mol. The van der Waals surface area contributed by atoms with Crippen molar-refractivity contribution in [2.45, 2.75) is 39.0 Å². The van der Waals surface area contributed by atoms with E-state index in [0.717, 1.165) is 43.0 Å². The summed E-state index contributed by atoms with van der Waals surface area (Å²) in [6.45, 7) is 5.42. The van der Waals surface area contributed by atoms with Crippen LogP contribution < -0.4 is 5.32 Å². The molecule has 0 saturated carbocycles. The van der Waals surface area contributed by atoms with Crippen molar-refractivity contribution >= 4 is 17.3 Å². The maximum absolute atomic E-state index is 13.4. The van der Waals surface area contributed by atoms with E-state index in [2.05, 4.69) is 10.3 Å². The number of carbonyl (C=O) groups excluding carboxylic acids is 1. The van der Waals surface area contributed by atoms with E-state index in [4.69, 9.17) is 0 Å². The van der Waals surface area contributed by atoms with Crippen LogP contribution in [0.4, 0.5) is 15.8 Å². The Bertz CT molecular complexity index is 762. The third-order valence-electron chi connectivity index (χ3n) is 4.58. The highest BCUT2D eigenvalue weighted by Crippen LogP contribution is 2.29. The number of rotatable bonds is 4. The number of halogens is 1. The number of benzene rings is 1. The van der Waals surface area contributed by atoms with Crippen LogP contribution in [0.25, 0.3) is 0 Å². The zero-order valence-electron chi connectivity index (χ0n) is 14.8. The van der Waals surface area contributed by atoms with E-state index in [9.17, 15) is 9.18 Å². The maximum atomic E-state index is 13.4. The number of hydrogen-bond donors (Lipinski definition) is 1. The summed E-state index contributed by atoms with van der Waals surface area (Å²) in [5, 5.41) is 3.25. The molecular weight excluding hydrogens is 317 g/mol. The molecule has 25 heavy (non-hydrogen) atoms. The molecule has 1 amide bonds. The number of amides is 1. The second-order valence-corrected chi connectivity index (χ2v) is 6.59. The SMILES string of the molecule is CCC(=O)N1CCCC(c2cc(Nc3cccc(F)c3)cc(C)n2)C1. The molecule has 1 aliphatic heterocycles. The van der Waals surface area contributed by atoms with E-state index in [-0.39, 0.29) is 17.6 Å². The van der Waals surface area contributed by atoms with Gasteiger partial charge in [0.15, 0.2) is 0 Å². The summed E-state index contributed by atoms with van der Waals surface area (Å²) in [4.78, 5) is 18.6. The number of piperidine rings is 1. The second-order valence-electron chi connectivity index (χ2n) is 6.59. The zero-order valence-corrected chi connectivity index (χ0v) is 14.8. The summed E-state index contributed by atoms with van der Waals surface area (Å²) >= 11 is 0. The Morgan fingerprint density at radius 3 is 2.92 bits per heavy atom. The summed E-state index contributed by atoms with van der Waals surface area (Å²) < 4.78 is 13.4. The van der Waals surface area contributed by atoms with E-state index in [1.54, 1.807) is 6.07 Å². The van der Waals surface area contributed by atoms with Gasteiger partial charge in [-0.3, -0.25) is 9.78 Å². The fourth-order valence-electron chi connectivity index (χ4n) is 3.38. The third-order valence-corrected chi connectivity index (χ3v) is 4.58. The van der Waals surface area contributed by atoms with Crippen molar-refractivity contribution in [3.05, 3.63) is 53.6 Å². The molecule has 0 bridgehead atoms. The summed E-state index contributed by atoms with van der Waals surface area (Å²) in [6, 6.07) is 10.4. The Morgan fingerprint density at radius 1 is 1.32 bits per heavy atom. The molecule has 4 nitrogen and oxygen atoms in total. The molecular formula is C20H24FN3O. The van der Waals surface area contributed by atoms with E-state index >= 15 is 0 Å². The highest BCUT2D eigenvalue weighted by atomic mass is 19.1. The van der Waals surface area contributed by atoms with E-state index in [1.165, 1.54) is 12.1 Å². The van der Waals surface area contributed by atoms with E-state index in [0.29, 0.717) is 12.1 Å². The van der Waals surface area contributed by atoms with Crippen molar-refractivity contribution in [3.8, 4) is 0 Å². The number of aryl methyl sites for hydroxylation is 1. The van der Waals surface area contributed by atoms with Gasteiger partial charge in [-0.15, -0.1) is 0 Å². The Labute approximate surface area is 148 Å². The number of carbonyl (C=O) groups is 1. The van der Waals surface area contributed by atoms with Crippen LogP contribution in [0.2, 0.25) is 0 Å². The molecule has 1 atom stereocenters. The lowest BCUT2D eigenvalue weighted by Gasteiger charge is -2.32. The minimum atomic E-state index is -0.267. The quantitative estimate of drug-likeness (QED) is 0.897. The number of nitrogens with zero attached hydrogens (tertiary/aromatic N) is 2. The first-order valence-corrected chi connectivity index (χ1v) is 8.84. The normalized spacial score (nSPS) is 17.4. The minimum absolute atomic E-state index is 0.204. The van der Waals surface area contributed by atoms with Crippen molar-refractivity contribution in [2.24, 2.45) is 0 Å². The van der Waals surface area contributed by atoms with Crippen LogP contribution in [0, 0.1) is 12.7 Å². The molecule has 2 heterocycles. The molecule has 5 heteroatoms. The van der Waals surface area contributed by atoms with Crippen molar-refractivity contribution in [1.29, 1.82) is 0 Å². The van der Waals surface area contributed by atoms with Crippen molar-refractivity contribution in [2.75, 3.05) is 18.4 Å². The van der Waals surface area contributed by atoms with Crippen LogP contribution in [0.1, 0.15) is 43.5 Å². The standard InChI is InChI=1S/C20H24FN3O/c1-3-20(25)24-9-5-6-15(13-24)19-12-18(10-14(2)22-19)23-17-8-4-7-16(21)11-17/h4,7-8,10-12,15H,3,5-6,9,13H2,1-2H3,(H,22,23). The van der Waals surface area contributed by atoms with Gasteiger partial charge in [0, 0.05) is 48.2 Å². The van der Waals surface area contributed by atoms with Gasteiger partial charge < -0.3 is 10.2 Å². The summed E-state index contributed by atoms with van der Waals surface area (Å²) in [7, 11) is 0. The fraction of sp³-hybridized carbons (Fsp3) is 0.400. The van der Waals surface area contributed by atoms with Gasteiger partial charge >= 0.3 is 0 Å². The van der Waals surface area contributed by atoms with E-state index < -0.39 is 0 Å². The van der Waals surface area contributed by atoms with Crippen LogP contribution >= 0.6 is 0 Å². The number of nitrogens with one attached hydrogen (secondary N) is 1. The predicted octanol–water partition coefficient (Wildman–Crippen LogP) is 4.39. The zero-order chi connectivity index (χ0) is 17.8. The fourth-order valence-corrected chi connectivity index (χ4v) is 3.38. The van der Waals surface area contributed by atoms with Gasteiger partial charge in [-0.2, -0.15) is 0 Å². The van der Waals surface area contributed by atoms with Gasteiger partial charge in [-0.1, -0.05) is 13.0 Å². The van der Waals surface area contributed by atoms with E-state index in [1.807, 2.05) is 36.9 Å². The predicted molar refractivity (Wildman–Crippen MR) is 97.5 cm³/mol. The van der Waals surface area contributed by atoms with Gasteiger partial charge in [0.1, 0.15) is 5.82 Å². The van der Waals surface area contributed by atoms with Gasteiger partial charge in [-0.05, 0) is 50.1 Å². The topological polar surface area (TPSA) is 45.2 Å². The largest absolute Gasteiger partial charge is 0.355 e. The number of pyridine rings is 1. The molecule has 0 radical (unpaired) electrons. The van der Waals surface area contributed by atoms with Crippen LogP contribution in [-0.4, -0.2) is 28.9 Å². The van der Waals surface area contributed by atoms with Gasteiger partial charge in [0.05, 0.1) is 0 Å². The molecule has 3 rings (SSSR count). The third kappa shape index (κ3) is 4.35. The molecule has 0 spiro atoms. The number of likely N-dealkylation sites (tertiary alicyclic amines) is 1. The average Bonchev–Trinajstić information content (AvgIpc) is 2.60. The monoisotopic (exact) mass is 341 g/mol. The molecule has 132 valence electrons. The number of aromatic nitrogens is 1. The summed E-state index contributed by atoms with van der Waals surface area (Å²) in [5.41, 5.74) is 3.51. The Kier molecular flexibility index (Phi) is 5.31. The Hall–Kier alpha value is -2.43. The van der Waals surface area contributed by atoms with Crippen LogP contribution in [0.15, 0.2) is 36.4 Å². The van der Waals surface area contributed by atoms with Crippen molar-refractivity contribution in [1.82, 2.24) is 9.88 Å². The lowest BCUT2D eigenvalue weighted by molar-refractivity contribution is -0.132. The first-order chi connectivity index (χ1) is 12.0.